The van der Waals surface area contributed by atoms with E-state index in [9.17, 15) is 0 Å². The van der Waals surface area contributed by atoms with Crippen LogP contribution in [-0.4, -0.2) is 0 Å². The first-order valence-electron chi connectivity index (χ1n) is 8.04. The third-order valence-electron chi connectivity index (χ3n) is 4.96. The van der Waals surface area contributed by atoms with Gasteiger partial charge in [0, 0.05) is 5.39 Å². The summed E-state index contributed by atoms with van der Waals surface area (Å²) in [7, 11) is 0. The Morgan fingerprint density at radius 3 is 1.92 bits per heavy atom. The number of hydrogen-bond acceptors (Lipinski definition) is 2. The molecule has 0 aliphatic rings. The van der Waals surface area contributed by atoms with E-state index in [1.54, 1.807) is 0 Å². The molecule has 24 heavy (non-hydrogen) atoms. The molecule has 0 heterocycles. The highest BCUT2D eigenvalue weighted by atomic mass is 14.7. The zero-order valence-corrected chi connectivity index (χ0v) is 13.1. The number of hydrogen-bond donors (Lipinski definition) is 2. The highest BCUT2D eigenvalue weighted by Crippen LogP contribution is 2.36. The van der Waals surface area contributed by atoms with E-state index >= 15 is 0 Å². The molecule has 2 heteroatoms. The van der Waals surface area contributed by atoms with Gasteiger partial charge in [-0.15, -0.1) is 0 Å². The van der Waals surface area contributed by atoms with Gasteiger partial charge in [-0.3, -0.25) is 0 Å². The molecule has 0 amide bonds. The standard InChI is InChI=1S/C22H16N2/c23-21-10-9-17-18(22(21)24)8-7-15-11-19-14(12-20(15)17)6-5-13-3-1-2-4-16(13)19/h1-12H,23-24H2. The molecule has 114 valence electrons. The molecule has 0 saturated carbocycles. The van der Waals surface area contributed by atoms with Crippen LogP contribution in [0.2, 0.25) is 0 Å². The Morgan fingerprint density at radius 1 is 0.458 bits per heavy atom. The first-order chi connectivity index (χ1) is 11.7. The van der Waals surface area contributed by atoms with E-state index in [0.29, 0.717) is 11.4 Å². The van der Waals surface area contributed by atoms with Gasteiger partial charge in [-0.1, -0.05) is 54.6 Å². The summed E-state index contributed by atoms with van der Waals surface area (Å²) in [5.74, 6) is 0. The monoisotopic (exact) mass is 308 g/mol. The lowest BCUT2D eigenvalue weighted by atomic mass is 9.95. The van der Waals surface area contributed by atoms with Gasteiger partial charge >= 0.3 is 0 Å². The molecule has 0 atom stereocenters. The Labute approximate surface area is 139 Å². The predicted molar refractivity (Wildman–Crippen MR) is 105 cm³/mol. The van der Waals surface area contributed by atoms with Gasteiger partial charge in [0.05, 0.1) is 11.4 Å². The van der Waals surface area contributed by atoms with Crippen LogP contribution in [0, 0.1) is 0 Å². The van der Waals surface area contributed by atoms with E-state index < -0.39 is 0 Å². The number of fused-ring (bicyclic) bond motifs is 6. The minimum Gasteiger partial charge on any atom is -0.397 e. The number of nitrogen functional groups attached to an aromatic ring is 2. The molecule has 0 spiro atoms. The van der Waals surface area contributed by atoms with Crippen molar-refractivity contribution in [2.75, 3.05) is 11.5 Å². The average molecular weight is 308 g/mol. The average Bonchev–Trinajstić information content (AvgIpc) is 2.63. The molecule has 5 rings (SSSR count). The van der Waals surface area contributed by atoms with E-state index in [4.69, 9.17) is 11.5 Å². The molecular formula is C22H16N2. The van der Waals surface area contributed by atoms with Crippen molar-refractivity contribution in [2.45, 2.75) is 0 Å². The second kappa shape index (κ2) is 4.62. The van der Waals surface area contributed by atoms with Crippen molar-refractivity contribution >= 4 is 54.5 Å². The van der Waals surface area contributed by atoms with E-state index in [1.165, 1.54) is 32.3 Å². The fourth-order valence-corrected chi connectivity index (χ4v) is 3.68. The van der Waals surface area contributed by atoms with Gasteiger partial charge in [0.15, 0.2) is 0 Å². The van der Waals surface area contributed by atoms with Crippen molar-refractivity contribution in [1.29, 1.82) is 0 Å². The molecular weight excluding hydrogens is 292 g/mol. The summed E-state index contributed by atoms with van der Waals surface area (Å²) >= 11 is 0. The lowest BCUT2D eigenvalue weighted by Crippen LogP contribution is -1.95. The van der Waals surface area contributed by atoms with Crippen LogP contribution >= 0.6 is 0 Å². The van der Waals surface area contributed by atoms with Crippen LogP contribution in [-0.2, 0) is 0 Å². The van der Waals surface area contributed by atoms with Crippen LogP contribution in [0.5, 0.6) is 0 Å². The second-order valence-corrected chi connectivity index (χ2v) is 6.31. The van der Waals surface area contributed by atoms with Gasteiger partial charge in [0.2, 0.25) is 0 Å². The molecule has 5 aromatic carbocycles. The Hall–Kier alpha value is -3.26. The Morgan fingerprint density at radius 2 is 1.08 bits per heavy atom. The predicted octanol–water partition coefficient (Wildman–Crippen LogP) is 5.46. The van der Waals surface area contributed by atoms with E-state index in [2.05, 4.69) is 66.7 Å². The maximum atomic E-state index is 6.17. The summed E-state index contributed by atoms with van der Waals surface area (Å²) < 4.78 is 0. The van der Waals surface area contributed by atoms with Gasteiger partial charge in [-0.05, 0) is 55.9 Å². The Kier molecular flexibility index (Phi) is 2.54. The zero-order valence-electron chi connectivity index (χ0n) is 13.1. The van der Waals surface area contributed by atoms with Crippen LogP contribution in [0.25, 0.3) is 43.1 Å². The minimum absolute atomic E-state index is 0.633. The maximum absolute atomic E-state index is 6.17. The highest BCUT2D eigenvalue weighted by molar-refractivity contribution is 6.19. The first kappa shape index (κ1) is 13.2. The number of rotatable bonds is 0. The topological polar surface area (TPSA) is 52.0 Å². The molecule has 0 fully saturated rings. The van der Waals surface area contributed by atoms with Crippen molar-refractivity contribution in [1.82, 2.24) is 0 Å². The fraction of sp³-hybridized carbons (Fsp3) is 0. The smallest absolute Gasteiger partial charge is 0.0627 e. The molecule has 0 aromatic heterocycles. The van der Waals surface area contributed by atoms with E-state index in [1.807, 2.05) is 6.07 Å². The molecule has 5 aromatic rings. The van der Waals surface area contributed by atoms with Crippen LogP contribution in [0.3, 0.4) is 0 Å². The fourth-order valence-electron chi connectivity index (χ4n) is 3.68. The van der Waals surface area contributed by atoms with Gasteiger partial charge in [0.25, 0.3) is 0 Å². The second-order valence-electron chi connectivity index (χ2n) is 6.31. The SMILES string of the molecule is Nc1ccc2c(ccc3cc4c(ccc5ccccc54)cc32)c1N. The minimum atomic E-state index is 0.633. The van der Waals surface area contributed by atoms with Crippen LogP contribution < -0.4 is 11.5 Å². The summed E-state index contributed by atoms with van der Waals surface area (Å²) in [6, 6.07) is 25.6. The van der Waals surface area contributed by atoms with E-state index in [0.717, 1.165) is 10.8 Å². The zero-order chi connectivity index (χ0) is 16.3. The lowest BCUT2D eigenvalue weighted by Gasteiger charge is -2.11. The molecule has 0 unspecified atom stereocenters. The van der Waals surface area contributed by atoms with Crippen LogP contribution in [0.4, 0.5) is 11.4 Å². The van der Waals surface area contributed by atoms with Gasteiger partial charge in [0.1, 0.15) is 0 Å². The number of nitrogens with two attached hydrogens (primary N) is 2. The Bertz CT molecular complexity index is 1270. The third kappa shape index (κ3) is 1.71. The van der Waals surface area contributed by atoms with Gasteiger partial charge in [-0.2, -0.15) is 0 Å². The molecule has 0 aliphatic heterocycles. The van der Waals surface area contributed by atoms with Crippen molar-refractivity contribution in [2.24, 2.45) is 0 Å². The van der Waals surface area contributed by atoms with Gasteiger partial charge in [-0.25, -0.2) is 0 Å². The van der Waals surface area contributed by atoms with Gasteiger partial charge < -0.3 is 11.5 Å². The molecule has 0 aliphatic carbocycles. The summed E-state index contributed by atoms with van der Waals surface area (Å²) in [5.41, 5.74) is 13.4. The van der Waals surface area contributed by atoms with Crippen molar-refractivity contribution in [3.8, 4) is 0 Å². The maximum Gasteiger partial charge on any atom is 0.0627 e. The van der Waals surface area contributed by atoms with Crippen molar-refractivity contribution < 1.29 is 0 Å². The molecule has 4 N–H and O–H groups in total. The molecule has 0 radical (unpaired) electrons. The number of anilines is 2. The normalized spacial score (nSPS) is 11.7. The van der Waals surface area contributed by atoms with Crippen molar-refractivity contribution in [3.63, 3.8) is 0 Å². The summed E-state index contributed by atoms with van der Waals surface area (Å²) in [6.07, 6.45) is 0. The Balaban J connectivity index is 1.98. The summed E-state index contributed by atoms with van der Waals surface area (Å²) in [5, 5.41) is 9.66. The van der Waals surface area contributed by atoms with Crippen LogP contribution in [0.15, 0.2) is 72.8 Å². The summed E-state index contributed by atoms with van der Waals surface area (Å²) in [6.45, 7) is 0. The first-order valence-corrected chi connectivity index (χ1v) is 8.04. The third-order valence-corrected chi connectivity index (χ3v) is 4.96. The van der Waals surface area contributed by atoms with Crippen LogP contribution in [0.1, 0.15) is 0 Å². The molecule has 0 bridgehead atoms. The van der Waals surface area contributed by atoms with E-state index in [-0.39, 0.29) is 0 Å². The quantitative estimate of drug-likeness (QED) is 0.226. The lowest BCUT2D eigenvalue weighted by molar-refractivity contribution is 1.73. The highest BCUT2D eigenvalue weighted by Gasteiger charge is 2.08. The molecule has 0 saturated heterocycles. The summed E-state index contributed by atoms with van der Waals surface area (Å²) in [4.78, 5) is 0. The number of benzene rings is 5. The largest absolute Gasteiger partial charge is 0.397 e. The van der Waals surface area contributed by atoms with Crippen molar-refractivity contribution in [3.05, 3.63) is 72.8 Å². The molecule has 2 nitrogen and oxygen atoms in total.